The zero-order chi connectivity index (χ0) is 13.1. The lowest BCUT2D eigenvalue weighted by atomic mass is 10.0. The zero-order valence-electron chi connectivity index (χ0n) is 11.5. The third-order valence-electron chi connectivity index (χ3n) is 4.02. The van der Waals surface area contributed by atoms with Gasteiger partial charge in [-0.05, 0) is 38.1 Å². The predicted molar refractivity (Wildman–Crippen MR) is 74.5 cm³/mol. The van der Waals surface area contributed by atoms with E-state index in [1.165, 1.54) is 32.2 Å². The molecule has 2 fully saturated rings. The molecule has 2 heterocycles. The Morgan fingerprint density at radius 1 is 1.26 bits per heavy atom. The maximum atomic E-state index is 5.13. The summed E-state index contributed by atoms with van der Waals surface area (Å²) in [5.74, 6) is 2.48. The number of methoxy groups -OCH3 is 1. The molecule has 0 aromatic carbocycles. The molecule has 2 aliphatic rings. The molecule has 1 N–H and O–H groups in total. The fraction of sp³-hybridized carbons (Fsp3) is 0.714. The van der Waals surface area contributed by atoms with Crippen LogP contribution in [0.3, 0.4) is 0 Å². The Labute approximate surface area is 114 Å². The average molecular weight is 262 g/mol. The van der Waals surface area contributed by atoms with Crippen LogP contribution in [0.4, 0.5) is 5.82 Å². The number of nitrogens with one attached hydrogen (secondary N) is 1. The quantitative estimate of drug-likeness (QED) is 0.870. The van der Waals surface area contributed by atoms with Crippen molar-refractivity contribution in [3.63, 3.8) is 0 Å². The molecule has 1 aliphatic heterocycles. The Morgan fingerprint density at radius 3 is 2.74 bits per heavy atom. The molecule has 1 saturated heterocycles. The van der Waals surface area contributed by atoms with Gasteiger partial charge in [0.05, 0.1) is 19.5 Å². The first-order valence-electron chi connectivity index (χ1n) is 7.19. The predicted octanol–water partition coefficient (Wildman–Crippen LogP) is 1.45. The second-order valence-corrected chi connectivity index (χ2v) is 5.53. The summed E-state index contributed by atoms with van der Waals surface area (Å²) in [6, 6.07) is 0.676. The fourth-order valence-corrected chi connectivity index (χ4v) is 2.56. The number of nitrogens with zero attached hydrogens (tertiary/aromatic N) is 3. The Balaban J connectivity index is 1.50. The van der Waals surface area contributed by atoms with E-state index in [1.807, 2.05) is 6.20 Å². The Morgan fingerprint density at radius 2 is 2.05 bits per heavy atom. The molecule has 0 amide bonds. The van der Waals surface area contributed by atoms with Gasteiger partial charge in [-0.3, -0.25) is 4.98 Å². The maximum Gasteiger partial charge on any atom is 0.233 e. The summed E-state index contributed by atoms with van der Waals surface area (Å²) in [4.78, 5) is 10.9. The van der Waals surface area contributed by atoms with Crippen LogP contribution in [0.2, 0.25) is 0 Å². The minimum atomic E-state index is 0.589. The summed E-state index contributed by atoms with van der Waals surface area (Å²) in [6.07, 6.45) is 8.68. The molecule has 0 unspecified atom stereocenters. The van der Waals surface area contributed by atoms with E-state index in [1.54, 1.807) is 13.3 Å². The molecule has 1 aromatic rings. The number of ether oxygens (including phenoxy) is 1. The lowest BCUT2D eigenvalue weighted by Crippen LogP contribution is -2.43. The largest absolute Gasteiger partial charge is 0.480 e. The smallest absolute Gasteiger partial charge is 0.233 e. The number of rotatable bonds is 5. The van der Waals surface area contributed by atoms with Crippen molar-refractivity contribution in [2.75, 3.05) is 31.6 Å². The van der Waals surface area contributed by atoms with Crippen LogP contribution in [0, 0.1) is 5.92 Å². The molecule has 1 aliphatic carbocycles. The molecular formula is C14H22N4O. The van der Waals surface area contributed by atoms with Gasteiger partial charge < -0.3 is 15.0 Å². The number of piperidine rings is 1. The summed E-state index contributed by atoms with van der Waals surface area (Å²) < 4.78 is 5.13. The maximum absolute atomic E-state index is 5.13. The van der Waals surface area contributed by atoms with E-state index in [0.717, 1.165) is 24.8 Å². The number of aromatic nitrogens is 2. The van der Waals surface area contributed by atoms with Gasteiger partial charge in [-0.1, -0.05) is 0 Å². The van der Waals surface area contributed by atoms with Gasteiger partial charge in [0.2, 0.25) is 5.88 Å². The van der Waals surface area contributed by atoms with E-state index in [4.69, 9.17) is 4.74 Å². The minimum Gasteiger partial charge on any atom is -0.480 e. The van der Waals surface area contributed by atoms with Crippen molar-refractivity contribution in [2.24, 2.45) is 5.92 Å². The van der Waals surface area contributed by atoms with Crippen molar-refractivity contribution in [3.05, 3.63) is 12.4 Å². The number of hydrogen-bond acceptors (Lipinski definition) is 5. The van der Waals surface area contributed by atoms with Crippen molar-refractivity contribution >= 4 is 5.82 Å². The summed E-state index contributed by atoms with van der Waals surface area (Å²) in [6.45, 7) is 3.30. The fourth-order valence-electron chi connectivity index (χ4n) is 2.56. The molecule has 19 heavy (non-hydrogen) atoms. The summed E-state index contributed by atoms with van der Waals surface area (Å²) in [7, 11) is 1.63. The Hall–Kier alpha value is -1.36. The Kier molecular flexibility index (Phi) is 3.82. The highest BCUT2D eigenvalue weighted by molar-refractivity contribution is 5.38. The molecule has 1 saturated carbocycles. The molecular weight excluding hydrogens is 240 g/mol. The van der Waals surface area contributed by atoms with Crippen LogP contribution < -0.4 is 15.0 Å². The van der Waals surface area contributed by atoms with E-state index in [-0.39, 0.29) is 0 Å². The van der Waals surface area contributed by atoms with Gasteiger partial charge in [0.25, 0.3) is 0 Å². The minimum absolute atomic E-state index is 0.589. The van der Waals surface area contributed by atoms with Gasteiger partial charge in [0.15, 0.2) is 5.82 Å². The normalized spacial score (nSPS) is 20.6. The lowest BCUT2D eigenvalue weighted by Gasteiger charge is -2.33. The van der Waals surface area contributed by atoms with E-state index in [9.17, 15) is 0 Å². The van der Waals surface area contributed by atoms with Crippen LogP contribution in [0.15, 0.2) is 12.4 Å². The zero-order valence-corrected chi connectivity index (χ0v) is 11.5. The number of anilines is 1. The lowest BCUT2D eigenvalue weighted by molar-refractivity contribution is 0.390. The Bertz CT molecular complexity index is 414. The van der Waals surface area contributed by atoms with Gasteiger partial charge in [-0.15, -0.1) is 0 Å². The third kappa shape index (κ3) is 3.35. The van der Waals surface area contributed by atoms with Gasteiger partial charge in [0, 0.05) is 19.1 Å². The third-order valence-corrected chi connectivity index (χ3v) is 4.02. The average Bonchev–Trinajstić information content (AvgIpc) is 3.30. The second-order valence-electron chi connectivity index (χ2n) is 5.53. The summed E-state index contributed by atoms with van der Waals surface area (Å²) in [5.41, 5.74) is 0. The van der Waals surface area contributed by atoms with Gasteiger partial charge in [-0.2, -0.15) is 4.98 Å². The van der Waals surface area contributed by atoms with E-state index in [2.05, 4.69) is 20.2 Å². The number of hydrogen-bond donors (Lipinski definition) is 1. The van der Waals surface area contributed by atoms with Crippen LogP contribution in [-0.2, 0) is 0 Å². The monoisotopic (exact) mass is 262 g/mol. The molecule has 0 bridgehead atoms. The molecule has 5 nitrogen and oxygen atoms in total. The molecule has 1 aromatic heterocycles. The summed E-state index contributed by atoms with van der Waals surface area (Å²) in [5, 5.41) is 3.69. The van der Waals surface area contributed by atoms with Crippen LogP contribution in [0.5, 0.6) is 5.88 Å². The molecule has 5 heteroatoms. The van der Waals surface area contributed by atoms with Crippen molar-refractivity contribution in [1.29, 1.82) is 0 Å². The van der Waals surface area contributed by atoms with Gasteiger partial charge in [-0.25, -0.2) is 0 Å². The first-order valence-corrected chi connectivity index (χ1v) is 7.19. The highest BCUT2D eigenvalue weighted by atomic mass is 16.5. The van der Waals surface area contributed by atoms with E-state index >= 15 is 0 Å². The molecule has 0 radical (unpaired) electrons. The molecule has 0 atom stereocenters. The first-order chi connectivity index (χ1) is 9.35. The van der Waals surface area contributed by atoms with Crippen LogP contribution >= 0.6 is 0 Å². The highest BCUT2D eigenvalue weighted by Crippen LogP contribution is 2.28. The molecule has 104 valence electrons. The van der Waals surface area contributed by atoms with Crippen LogP contribution in [0.1, 0.15) is 25.7 Å². The summed E-state index contributed by atoms with van der Waals surface area (Å²) >= 11 is 0. The highest BCUT2D eigenvalue weighted by Gasteiger charge is 2.24. The van der Waals surface area contributed by atoms with Crippen LogP contribution in [-0.4, -0.2) is 42.8 Å². The second kappa shape index (κ2) is 5.74. The van der Waals surface area contributed by atoms with Crippen LogP contribution in [0.25, 0.3) is 0 Å². The van der Waals surface area contributed by atoms with Crippen molar-refractivity contribution in [3.8, 4) is 5.88 Å². The molecule has 3 rings (SSSR count). The van der Waals surface area contributed by atoms with Gasteiger partial charge >= 0.3 is 0 Å². The molecule has 0 spiro atoms. The van der Waals surface area contributed by atoms with E-state index < -0.39 is 0 Å². The van der Waals surface area contributed by atoms with Crippen molar-refractivity contribution < 1.29 is 4.74 Å². The SMILES string of the molecule is COc1cncc(N2CCC(NCC3CC3)CC2)n1. The van der Waals surface area contributed by atoms with Crippen molar-refractivity contribution in [2.45, 2.75) is 31.7 Å². The van der Waals surface area contributed by atoms with E-state index in [0.29, 0.717) is 11.9 Å². The topological polar surface area (TPSA) is 50.3 Å². The van der Waals surface area contributed by atoms with Gasteiger partial charge in [0.1, 0.15) is 0 Å². The van der Waals surface area contributed by atoms with Crippen molar-refractivity contribution in [1.82, 2.24) is 15.3 Å². The first kappa shape index (κ1) is 12.7. The standard InChI is InChI=1S/C14H22N4O/c1-19-14-10-15-9-13(17-14)18-6-4-12(5-7-18)16-8-11-2-3-11/h9-12,16H,2-8H2,1H3.